The molecule has 8 nitrogen and oxygen atoms in total. The molecular weight excluding hydrogens is 358 g/mol. The van der Waals surface area contributed by atoms with Crippen LogP contribution in [0.5, 0.6) is 0 Å². The average Bonchev–Trinajstić information content (AvgIpc) is 3.05. The first-order chi connectivity index (χ1) is 13.5. The van der Waals surface area contributed by atoms with Crippen molar-refractivity contribution in [2.24, 2.45) is 7.05 Å². The maximum Gasteiger partial charge on any atom is 0.274 e. The molecule has 0 radical (unpaired) electrons. The van der Waals surface area contributed by atoms with Crippen LogP contribution in [0.25, 0.3) is 0 Å². The molecule has 2 aromatic rings. The Morgan fingerprint density at radius 3 is 2.46 bits per heavy atom. The van der Waals surface area contributed by atoms with Gasteiger partial charge in [0.05, 0.1) is 6.04 Å². The number of carbonyl (C=O) groups excluding carboxylic acids is 2. The number of hydrogen-bond donors (Lipinski definition) is 0. The van der Waals surface area contributed by atoms with Gasteiger partial charge in [-0.15, -0.1) is 0 Å². The van der Waals surface area contributed by atoms with Crippen LogP contribution in [0, 0.1) is 6.92 Å². The number of carbonyl (C=O) groups is 2. The number of ether oxygens (including phenoxy) is 1. The number of likely N-dealkylation sites (tertiary alicyclic amines) is 2. The molecule has 0 unspecified atom stereocenters. The third-order valence-corrected chi connectivity index (χ3v) is 5.86. The van der Waals surface area contributed by atoms with Crippen LogP contribution in [-0.2, 0) is 16.6 Å². The number of nitrogens with zero attached hydrogens (tertiary/aromatic N) is 5. The number of piperidine rings is 1. The molecule has 148 valence electrons. The molecule has 28 heavy (non-hydrogen) atoms. The fourth-order valence-electron chi connectivity index (χ4n) is 4.19. The molecule has 8 heteroatoms. The van der Waals surface area contributed by atoms with Crippen molar-refractivity contribution in [3.05, 3.63) is 47.5 Å². The fourth-order valence-corrected chi connectivity index (χ4v) is 4.19. The minimum absolute atomic E-state index is 0.0226. The number of pyridine rings is 1. The molecule has 2 aliphatic heterocycles. The van der Waals surface area contributed by atoms with Crippen molar-refractivity contribution in [2.75, 3.05) is 20.2 Å². The molecule has 2 amide bonds. The van der Waals surface area contributed by atoms with Crippen LogP contribution in [-0.4, -0.2) is 68.7 Å². The summed E-state index contributed by atoms with van der Waals surface area (Å²) in [5.74, 6) is -0.0213. The molecule has 4 heterocycles. The van der Waals surface area contributed by atoms with Gasteiger partial charge in [-0.05, 0) is 43.5 Å². The summed E-state index contributed by atoms with van der Waals surface area (Å²) in [4.78, 5) is 33.2. The van der Waals surface area contributed by atoms with E-state index in [1.807, 2.05) is 42.0 Å². The molecule has 2 aromatic heterocycles. The normalized spacial score (nSPS) is 23.0. The van der Waals surface area contributed by atoms with Crippen molar-refractivity contribution >= 4 is 11.8 Å². The molecule has 0 aliphatic carbocycles. The lowest BCUT2D eigenvalue weighted by atomic mass is 9.86. The van der Waals surface area contributed by atoms with E-state index in [1.54, 1.807) is 24.2 Å². The smallest absolute Gasteiger partial charge is 0.274 e. The molecule has 2 atom stereocenters. The maximum atomic E-state index is 12.7. The van der Waals surface area contributed by atoms with Gasteiger partial charge in [0.2, 0.25) is 0 Å². The highest BCUT2D eigenvalue weighted by Gasteiger charge is 2.51. The van der Waals surface area contributed by atoms with Crippen molar-refractivity contribution < 1.29 is 14.3 Å². The van der Waals surface area contributed by atoms with Crippen LogP contribution in [0.1, 0.15) is 40.6 Å². The zero-order valence-electron chi connectivity index (χ0n) is 16.4. The van der Waals surface area contributed by atoms with Crippen LogP contribution >= 0.6 is 0 Å². The van der Waals surface area contributed by atoms with E-state index in [4.69, 9.17) is 4.74 Å². The Hall–Kier alpha value is -2.74. The summed E-state index contributed by atoms with van der Waals surface area (Å²) >= 11 is 0. The zero-order chi connectivity index (χ0) is 19.8. The minimum atomic E-state index is -0.446. The highest BCUT2D eigenvalue weighted by atomic mass is 16.5. The highest BCUT2D eigenvalue weighted by molar-refractivity contribution is 5.92. The first kappa shape index (κ1) is 18.6. The number of methoxy groups -OCH3 is 1. The molecule has 0 spiro atoms. The van der Waals surface area contributed by atoms with E-state index >= 15 is 0 Å². The van der Waals surface area contributed by atoms with Gasteiger partial charge in [0.25, 0.3) is 11.8 Å². The number of aryl methyl sites for hydroxylation is 2. The molecule has 0 N–H and O–H groups in total. The third kappa shape index (κ3) is 3.07. The van der Waals surface area contributed by atoms with Crippen molar-refractivity contribution in [3.63, 3.8) is 0 Å². The Balaban J connectivity index is 1.44. The van der Waals surface area contributed by atoms with Gasteiger partial charge in [0.1, 0.15) is 0 Å². The van der Waals surface area contributed by atoms with Gasteiger partial charge in [-0.1, -0.05) is 0 Å². The fraction of sp³-hybridized carbons (Fsp3) is 0.500. The highest BCUT2D eigenvalue weighted by Crippen LogP contribution is 2.40. The number of hydrogen-bond acceptors (Lipinski definition) is 5. The Bertz CT molecular complexity index is 854. The summed E-state index contributed by atoms with van der Waals surface area (Å²) in [5, 5.41) is 4.29. The SMILES string of the molecule is CO[C@H]1C(=O)N(C2CCN(C(=O)c3cc(C)n(C)n3)CC2)[C@H]1c1ccncc1. The predicted molar refractivity (Wildman–Crippen MR) is 101 cm³/mol. The van der Waals surface area contributed by atoms with E-state index in [1.165, 1.54) is 0 Å². The molecular formula is C20H25N5O3. The van der Waals surface area contributed by atoms with Crippen LogP contribution < -0.4 is 0 Å². The molecule has 0 saturated carbocycles. The van der Waals surface area contributed by atoms with Crippen molar-refractivity contribution in [1.82, 2.24) is 24.6 Å². The monoisotopic (exact) mass is 383 g/mol. The van der Waals surface area contributed by atoms with Crippen molar-refractivity contribution in [3.8, 4) is 0 Å². The van der Waals surface area contributed by atoms with Gasteiger partial charge < -0.3 is 14.5 Å². The summed E-state index contributed by atoms with van der Waals surface area (Å²) < 4.78 is 7.14. The summed E-state index contributed by atoms with van der Waals surface area (Å²) in [6, 6.07) is 5.68. The van der Waals surface area contributed by atoms with Gasteiger partial charge in [-0.3, -0.25) is 19.3 Å². The van der Waals surface area contributed by atoms with E-state index in [-0.39, 0.29) is 23.9 Å². The molecule has 2 saturated heterocycles. The Morgan fingerprint density at radius 2 is 1.89 bits per heavy atom. The third-order valence-electron chi connectivity index (χ3n) is 5.86. The minimum Gasteiger partial charge on any atom is -0.369 e. The van der Waals surface area contributed by atoms with E-state index in [0.717, 1.165) is 24.1 Å². The lowest BCUT2D eigenvalue weighted by molar-refractivity contribution is -0.178. The second-order valence-corrected chi connectivity index (χ2v) is 7.45. The van der Waals surface area contributed by atoms with E-state index < -0.39 is 6.10 Å². The van der Waals surface area contributed by atoms with Crippen LogP contribution in [0.15, 0.2) is 30.6 Å². The predicted octanol–water partition coefficient (Wildman–Crippen LogP) is 1.33. The lowest BCUT2D eigenvalue weighted by Crippen LogP contribution is -2.64. The Kier molecular flexibility index (Phi) is 4.89. The molecule has 0 bridgehead atoms. The van der Waals surface area contributed by atoms with Gasteiger partial charge in [0, 0.05) is 51.4 Å². The number of β-lactam (4-membered cyclic amide) rings is 1. The van der Waals surface area contributed by atoms with E-state index in [9.17, 15) is 9.59 Å². The van der Waals surface area contributed by atoms with Gasteiger partial charge in [-0.25, -0.2) is 0 Å². The molecule has 0 aromatic carbocycles. The van der Waals surface area contributed by atoms with E-state index in [2.05, 4.69) is 10.1 Å². The summed E-state index contributed by atoms with van der Waals surface area (Å²) in [7, 11) is 3.41. The zero-order valence-corrected chi connectivity index (χ0v) is 16.4. The quantitative estimate of drug-likeness (QED) is 0.744. The molecule has 4 rings (SSSR count). The van der Waals surface area contributed by atoms with Gasteiger partial charge in [-0.2, -0.15) is 5.10 Å². The van der Waals surface area contributed by atoms with E-state index in [0.29, 0.717) is 18.8 Å². The number of rotatable bonds is 4. The molecule has 2 fully saturated rings. The van der Waals surface area contributed by atoms with Gasteiger partial charge in [0.15, 0.2) is 11.8 Å². The van der Waals surface area contributed by atoms with Crippen LogP contribution in [0.4, 0.5) is 0 Å². The molecule has 2 aliphatic rings. The second-order valence-electron chi connectivity index (χ2n) is 7.45. The first-order valence-electron chi connectivity index (χ1n) is 9.56. The maximum absolute atomic E-state index is 12.7. The van der Waals surface area contributed by atoms with Crippen LogP contribution in [0.3, 0.4) is 0 Å². The topological polar surface area (TPSA) is 80.6 Å². The Morgan fingerprint density at radius 1 is 1.21 bits per heavy atom. The van der Waals surface area contributed by atoms with Gasteiger partial charge >= 0.3 is 0 Å². The van der Waals surface area contributed by atoms with Crippen LogP contribution in [0.2, 0.25) is 0 Å². The lowest BCUT2D eigenvalue weighted by Gasteiger charge is -2.52. The summed E-state index contributed by atoms with van der Waals surface area (Å²) in [6.07, 6.45) is 4.53. The second kappa shape index (κ2) is 7.35. The summed E-state index contributed by atoms with van der Waals surface area (Å²) in [5.41, 5.74) is 2.46. The largest absolute Gasteiger partial charge is 0.369 e. The van der Waals surface area contributed by atoms with Crippen molar-refractivity contribution in [2.45, 2.75) is 38.0 Å². The summed E-state index contributed by atoms with van der Waals surface area (Å²) in [6.45, 7) is 3.16. The first-order valence-corrected chi connectivity index (χ1v) is 9.56. The number of aromatic nitrogens is 3. The number of amides is 2. The van der Waals surface area contributed by atoms with Crippen molar-refractivity contribution in [1.29, 1.82) is 0 Å². The standard InChI is InChI=1S/C20H25N5O3/c1-13-12-16(22-23(13)2)19(26)24-10-6-15(7-11-24)25-17(18(28-3)20(25)27)14-4-8-21-9-5-14/h4-5,8-9,12,15,17-18H,6-7,10-11H2,1-3H3/t17-,18+/m0/s1. The Labute approximate surface area is 164 Å². The average molecular weight is 383 g/mol.